The minimum atomic E-state index is -4.83. The summed E-state index contributed by atoms with van der Waals surface area (Å²) in [7, 11) is 0. The topological polar surface area (TPSA) is 9.23 Å². The number of alkyl halides is 3. The fourth-order valence-electron chi connectivity index (χ4n) is 3.94. The van der Waals surface area contributed by atoms with E-state index in [2.05, 4.69) is 35.3 Å². The van der Waals surface area contributed by atoms with Gasteiger partial charge >= 0.3 is 6.36 Å². The maximum absolute atomic E-state index is 13.4. The van der Waals surface area contributed by atoms with E-state index in [1.54, 1.807) is 0 Å². The third kappa shape index (κ3) is 9.74. The van der Waals surface area contributed by atoms with Crippen LogP contribution in [0.2, 0.25) is 0 Å². The van der Waals surface area contributed by atoms with Gasteiger partial charge in [-0.05, 0) is 68.7 Å². The van der Waals surface area contributed by atoms with Gasteiger partial charge in [-0.1, -0.05) is 98.1 Å². The number of unbranched alkanes of at least 4 members (excludes halogenated alkanes) is 5. The highest BCUT2D eigenvalue weighted by molar-refractivity contribution is 5.59. The second kappa shape index (κ2) is 13.6. The Balaban J connectivity index is 2.01. The summed E-state index contributed by atoms with van der Waals surface area (Å²) in [4.78, 5) is 0. The Morgan fingerprint density at radius 2 is 1.16 bits per heavy atom. The van der Waals surface area contributed by atoms with E-state index in [0.29, 0.717) is 12.0 Å². The third-order valence-corrected chi connectivity index (χ3v) is 6.00. The number of ether oxygens (including phenoxy) is 1. The van der Waals surface area contributed by atoms with Crippen molar-refractivity contribution in [1.29, 1.82) is 0 Å². The molecule has 192 valence electrons. The molecule has 0 fully saturated rings. The molecule has 0 aromatic heterocycles. The molecule has 0 aliphatic carbocycles. The molecule has 1 nitrogen and oxygen atoms in total. The molecule has 0 N–H and O–H groups in total. The molecule has 0 amide bonds. The Kier molecular flexibility index (Phi) is 10.3. The second-order valence-corrected chi connectivity index (χ2v) is 9.31. The van der Waals surface area contributed by atoms with E-state index in [1.807, 2.05) is 68.4 Å². The van der Waals surface area contributed by atoms with E-state index in [9.17, 15) is 13.2 Å². The molecule has 3 aromatic carbocycles. The lowest BCUT2D eigenvalue weighted by Gasteiger charge is -2.15. The molecule has 0 unspecified atom stereocenters. The highest BCUT2D eigenvalue weighted by Gasteiger charge is 2.32. The van der Waals surface area contributed by atoms with Crippen molar-refractivity contribution in [3.8, 4) is 29.4 Å². The van der Waals surface area contributed by atoms with E-state index in [-0.39, 0.29) is 11.3 Å². The zero-order valence-corrected chi connectivity index (χ0v) is 21.8. The normalized spacial score (nSPS) is 10.8. The van der Waals surface area contributed by atoms with E-state index in [1.165, 1.54) is 25.3 Å². The first-order chi connectivity index (χ1) is 17.7. The maximum atomic E-state index is 13.4. The number of hydrogen-bond acceptors (Lipinski definition) is 1. The summed E-state index contributed by atoms with van der Waals surface area (Å²) in [5, 5.41) is 0. The molecule has 0 atom stereocenters. The van der Waals surface area contributed by atoms with Crippen LogP contribution in [-0.2, 0) is 6.42 Å². The van der Waals surface area contributed by atoms with Crippen LogP contribution < -0.4 is 4.74 Å². The summed E-state index contributed by atoms with van der Waals surface area (Å²) < 4.78 is 44.7. The molecule has 0 spiro atoms. The van der Waals surface area contributed by atoms with Crippen molar-refractivity contribution in [2.24, 2.45) is 0 Å². The minimum Gasteiger partial charge on any atom is -0.404 e. The quantitative estimate of drug-likeness (QED) is 0.221. The number of aryl methyl sites for hydroxylation is 3. The highest BCUT2D eigenvalue weighted by atomic mass is 19.4. The van der Waals surface area contributed by atoms with Crippen LogP contribution in [0.1, 0.15) is 84.4 Å². The van der Waals surface area contributed by atoms with E-state index in [4.69, 9.17) is 0 Å². The van der Waals surface area contributed by atoms with Crippen molar-refractivity contribution in [2.45, 2.75) is 72.1 Å². The zero-order valence-electron chi connectivity index (χ0n) is 21.8. The standard InChI is InChI=1S/C33H33F3O/c1-4-5-6-7-8-9-10-30-23-29(20-19-27-15-11-25(2)12-16-27)24-32(37-33(34,35)36)31(30)22-21-28-17-13-26(3)14-18-28/h11-18,23-24H,4-10H2,1-3H3. The largest absolute Gasteiger partial charge is 0.573 e. The molecule has 0 radical (unpaired) electrons. The van der Waals surface area contributed by atoms with Crippen LogP contribution in [-0.4, -0.2) is 6.36 Å². The van der Waals surface area contributed by atoms with Crippen molar-refractivity contribution in [3.63, 3.8) is 0 Å². The van der Waals surface area contributed by atoms with E-state index >= 15 is 0 Å². The van der Waals surface area contributed by atoms with Crippen molar-refractivity contribution in [1.82, 2.24) is 0 Å². The van der Waals surface area contributed by atoms with E-state index in [0.717, 1.165) is 47.1 Å². The van der Waals surface area contributed by atoms with Gasteiger partial charge in [-0.25, -0.2) is 0 Å². The molecule has 37 heavy (non-hydrogen) atoms. The van der Waals surface area contributed by atoms with Gasteiger partial charge in [-0.3, -0.25) is 0 Å². The Bertz CT molecular complexity index is 1280. The number of rotatable bonds is 8. The van der Waals surface area contributed by atoms with Crippen molar-refractivity contribution in [3.05, 3.63) is 99.6 Å². The van der Waals surface area contributed by atoms with Crippen LogP contribution in [0.3, 0.4) is 0 Å². The molecular formula is C33H33F3O. The molecule has 4 heteroatoms. The highest BCUT2D eigenvalue weighted by Crippen LogP contribution is 2.31. The molecule has 0 aliphatic rings. The van der Waals surface area contributed by atoms with Gasteiger partial charge in [0.15, 0.2) is 0 Å². The number of halogens is 3. The summed E-state index contributed by atoms with van der Waals surface area (Å²) in [6.07, 6.45) is 2.29. The third-order valence-electron chi connectivity index (χ3n) is 6.00. The van der Waals surface area contributed by atoms with Gasteiger partial charge in [0.1, 0.15) is 5.75 Å². The predicted octanol–water partition coefficient (Wildman–Crippen LogP) is 8.90. The Hall–Kier alpha value is -3.63. The predicted molar refractivity (Wildman–Crippen MR) is 145 cm³/mol. The maximum Gasteiger partial charge on any atom is 0.573 e. The molecule has 3 aromatic rings. The van der Waals surface area contributed by atoms with Crippen molar-refractivity contribution in [2.75, 3.05) is 0 Å². The molecule has 0 heterocycles. The van der Waals surface area contributed by atoms with Crippen molar-refractivity contribution >= 4 is 0 Å². The summed E-state index contributed by atoms with van der Waals surface area (Å²) >= 11 is 0. The van der Waals surface area contributed by atoms with Gasteiger partial charge in [0, 0.05) is 16.7 Å². The number of benzene rings is 3. The van der Waals surface area contributed by atoms with Crippen LogP contribution in [0, 0.1) is 37.5 Å². The first kappa shape index (κ1) is 27.9. The van der Waals surface area contributed by atoms with Gasteiger partial charge in [0.25, 0.3) is 0 Å². The van der Waals surface area contributed by atoms with Gasteiger partial charge < -0.3 is 4.74 Å². The summed E-state index contributed by atoms with van der Waals surface area (Å²) in [5.74, 6) is 11.8. The van der Waals surface area contributed by atoms with Crippen LogP contribution in [0.25, 0.3) is 0 Å². The van der Waals surface area contributed by atoms with E-state index < -0.39 is 6.36 Å². The van der Waals surface area contributed by atoms with Crippen LogP contribution in [0.4, 0.5) is 13.2 Å². The molecule has 0 bridgehead atoms. The lowest BCUT2D eigenvalue weighted by atomic mass is 9.96. The zero-order chi connectivity index (χ0) is 26.7. The SMILES string of the molecule is CCCCCCCCc1cc(C#Cc2ccc(C)cc2)cc(OC(F)(F)F)c1C#Cc1ccc(C)cc1. The summed E-state index contributed by atoms with van der Waals surface area (Å²) in [6, 6.07) is 18.5. The summed E-state index contributed by atoms with van der Waals surface area (Å²) in [6.45, 7) is 6.13. The minimum absolute atomic E-state index is 0.271. The Morgan fingerprint density at radius 3 is 1.73 bits per heavy atom. The number of hydrogen-bond donors (Lipinski definition) is 0. The molecule has 0 saturated heterocycles. The van der Waals surface area contributed by atoms with Gasteiger partial charge in [-0.2, -0.15) is 0 Å². The Morgan fingerprint density at radius 1 is 0.649 bits per heavy atom. The fourth-order valence-corrected chi connectivity index (χ4v) is 3.94. The van der Waals surface area contributed by atoms with Crippen LogP contribution in [0.15, 0.2) is 60.7 Å². The van der Waals surface area contributed by atoms with Crippen molar-refractivity contribution < 1.29 is 17.9 Å². The molecule has 3 rings (SSSR count). The first-order valence-corrected chi connectivity index (χ1v) is 12.8. The van der Waals surface area contributed by atoms with Gasteiger partial charge in [-0.15, -0.1) is 13.2 Å². The van der Waals surface area contributed by atoms with Gasteiger partial charge in [0.2, 0.25) is 0 Å². The monoisotopic (exact) mass is 502 g/mol. The van der Waals surface area contributed by atoms with Crippen LogP contribution >= 0.6 is 0 Å². The first-order valence-electron chi connectivity index (χ1n) is 12.8. The lowest BCUT2D eigenvalue weighted by Crippen LogP contribution is -2.18. The van der Waals surface area contributed by atoms with Crippen LogP contribution in [0.5, 0.6) is 5.75 Å². The summed E-state index contributed by atoms with van der Waals surface area (Å²) in [5.41, 5.74) is 5.21. The average molecular weight is 503 g/mol. The second-order valence-electron chi connectivity index (χ2n) is 9.31. The Labute approximate surface area is 219 Å². The fraction of sp³-hybridized carbons (Fsp3) is 0.333. The molecule has 0 saturated carbocycles. The average Bonchev–Trinajstić information content (AvgIpc) is 2.85. The smallest absolute Gasteiger partial charge is 0.404 e. The molecular weight excluding hydrogens is 469 g/mol. The lowest BCUT2D eigenvalue weighted by molar-refractivity contribution is -0.274. The van der Waals surface area contributed by atoms with Gasteiger partial charge in [0.05, 0.1) is 5.56 Å². The molecule has 0 aliphatic heterocycles.